The summed E-state index contributed by atoms with van der Waals surface area (Å²) in [5.74, 6) is 0.460. The molecule has 4 heteroatoms. The Labute approximate surface area is 105 Å². The molecule has 0 bridgehead atoms. The molecule has 0 aromatic carbocycles. The molecular weight excluding hydrogens is 214 g/mol. The molecule has 1 aliphatic rings. The number of carbonyl (C=O) groups is 1. The highest BCUT2D eigenvalue weighted by Gasteiger charge is 2.32. The molecule has 0 aromatic rings. The molecule has 3 unspecified atom stereocenters. The van der Waals surface area contributed by atoms with Gasteiger partial charge in [-0.3, -0.25) is 9.69 Å². The summed E-state index contributed by atoms with van der Waals surface area (Å²) in [6.07, 6.45) is 3.09. The van der Waals surface area contributed by atoms with Crippen molar-refractivity contribution in [3.63, 3.8) is 0 Å². The highest BCUT2D eigenvalue weighted by atomic mass is 16.1. The maximum absolute atomic E-state index is 11.4. The zero-order chi connectivity index (χ0) is 12.8. The third-order valence-corrected chi connectivity index (χ3v) is 3.91. The van der Waals surface area contributed by atoms with Crippen LogP contribution in [0.1, 0.15) is 40.0 Å². The molecule has 0 aliphatic carbocycles. The van der Waals surface area contributed by atoms with E-state index in [1.807, 2.05) is 6.92 Å². The number of hydrogen-bond donors (Lipinski definition) is 2. The summed E-state index contributed by atoms with van der Waals surface area (Å²) in [6, 6.07) is 0.526. The second-order valence-electron chi connectivity index (χ2n) is 4.94. The third-order valence-electron chi connectivity index (χ3n) is 3.91. The smallest absolute Gasteiger partial charge is 0.234 e. The number of nitrogens with two attached hydrogens (primary N) is 1. The molecule has 1 saturated heterocycles. The quantitative estimate of drug-likeness (QED) is 0.728. The molecule has 0 aromatic heterocycles. The molecule has 17 heavy (non-hydrogen) atoms. The van der Waals surface area contributed by atoms with Crippen molar-refractivity contribution < 1.29 is 4.79 Å². The van der Waals surface area contributed by atoms with Crippen LogP contribution in [-0.4, -0.2) is 42.5 Å². The van der Waals surface area contributed by atoms with Crippen LogP contribution in [-0.2, 0) is 4.79 Å². The van der Waals surface area contributed by atoms with Crippen LogP contribution in [0.25, 0.3) is 0 Å². The van der Waals surface area contributed by atoms with Gasteiger partial charge < -0.3 is 11.1 Å². The molecule has 100 valence electrons. The Morgan fingerprint density at radius 2 is 2.18 bits per heavy atom. The molecule has 1 amide bonds. The van der Waals surface area contributed by atoms with Crippen LogP contribution in [0.2, 0.25) is 0 Å². The molecule has 0 spiro atoms. The van der Waals surface area contributed by atoms with E-state index in [0.29, 0.717) is 12.0 Å². The fraction of sp³-hybridized carbons (Fsp3) is 0.923. The summed E-state index contributed by atoms with van der Waals surface area (Å²) < 4.78 is 0. The Balaban J connectivity index is 2.60. The van der Waals surface area contributed by atoms with Gasteiger partial charge in [0.2, 0.25) is 5.91 Å². The number of nitrogens with one attached hydrogen (secondary N) is 1. The topological polar surface area (TPSA) is 58.4 Å². The van der Waals surface area contributed by atoms with Gasteiger partial charge in [0.15, 0.2) is 0 Å². The van der Waals surface area contributed by atoms with Gasteiger partial charge in [0, 0.05) is 19.1 Å². The van der Waals surface area contributed by atoms with Gasteiger partial charge in [-0.05, 0) is 25.3 Å². The SMILES string of the molecule is CCNC1CCN(C(CC)C(N)=O)CC1CC. The van der Waals surface area contributed by atoms with E-state index in [1.54, 1.807) is 0 Å². The van der Waals surface area contributed by atoms with Crippen LogP contribution < -0.4 is 11.1 Å². The minimum Gasteiger partial charge on any atom is -0.368 e. The maximum Gasteiger partial charge on any atom is 0.234 e. The van der Waals surface area contributed by atoms with Crippen molar-refractivity contribution in [2.75, 3.05) is 19.6 Å². The van der Waals surface area contributed by atoms with E-state index in [2.05, 4.69) is 24.1 Å². The average molecular weight is 241 g/mol. The van der Waals surface area contributed by atoms with E-state index in [9.17, 15) is 4.79 Å². The number of nitrogens with zero attached hydrogens (tertiary/aromatic N) is 1. The molecule has 1 aliphatic heterocycles. The number of likely N-dealkylation sites (tertiary alicyclic amines) is 1. The number of rotatable bonds is 6. The van der Waals surface area contributed by atoms with Crippen LogP contribution >= 0.6 is 0 Å². The van der Waals surface area contributed by atoms with E-state index in [-0.39, 0.29) is 11.9 Å². The van der Waals surface area contributed by atoms with Crippen LogP contribution in [0.5, 0.6) is 0 Å². The van der Waals surface area contributed by atoms with E-state index >= 15 is 0 Å². The monoisotopic (exact) mass is 241 g/mol. The number of hydrogen-bond acceptors (Lipinski definition) is 3. The Morgan fingerprint density at radius 1 is 1.47 bits per heavy atom. The molecular formula is C13H27N3O. The van der Waals surface area contributed by atoms with E-state index in [4.69, 9.17) is 5.73 Å². The van der Waals surface area contributed by atoms with Gasteiger partial charge in [-0.2, -0.15) is 0 Å². The summed E-state index contributed by atoms with van der Waals surface area (Å²) in [5.41, 5.74) is 5.46. The van der Waals surface area contributed by atoms with E-state index in [1.165, 1.54) is 0 Å². The van der Waals surface area contributed by atoms with Gasteiger partial charge in [-0.25, -0.2) is 0 Å². The number of carbonyl (C=O) groups excluding carboxylic acids is 1. The minimum atomic E-state index is -0.177. The van der Waals surface area contributed by atoms with Crippen molar-refractivity contribution >= 4 is 5.91 Å². The summed E-state index contributed by atoms with van der Waals surface area (Å²) in [4.78, 5) is 13.7. The van der Waals surface area contributed by atoms with Crippen molar-refractivity contribution in [1.29, 1.82) is 0 Å². The fourth-order valence-electron chi connectivity index (χ4n) is 2.93. The highest BCUT2D eigenvalue weighted by molar-refractivity contribution is 5.79. The van der Waals surface area contributed by atoms with Crippen molar-refractivity contribution in [1.82, 2.24) is 10.2 Å². The molecule has 1 heterocycles. The summed E-state index contributed by atoms with van der Waals surface area (Å²) in [5, 5.41) is 3.55. The van der Waals surface area contributed by atoms with Gasteiger partial charge in [-0.1, -0.05) is 27.2 Å². The lowest BCUT2D eigenvalue weighted by Crippen LogP contribution is -2.55. The van der Waals surface area contributed by atoms with Crippen molar-refractivity contribution in [3.8, 4) is 0 Å². The minimum absolute atomic E-state index is 0.0772. The standard InChI is InChI=1S/C13H27N3O/c1-4-10-9-16(12(5-2)13(14)17)8-7-11(10)15-6-3/h10-12,15H,4-9H2,1-3H3,(H2,14,17). The van der Waals surface area contributed by atoms with Crippen molar-refractivity contribution in [2.24, 2.45) is 11.7 Å². The summed E-state index contributed by atoms with van der Waals surface area (Å²) in [6.45, 7) is 9.41. The third kappa shape index (κ3) is 3.68. The zero-order valence-corrected chi connectivity index (χ0v) is 11.4. The van der Waals surface area contributed by atoms with Gasteiger partial charge in [-0.15, -0.1) is 0 Å². The van der Waals surface area contributed by atoms with Crippen molar-refractivity contribution in [2.45, 2.75) is 52.1 Å². The Hall–Kier alpha value is -0.610. The first-order valence-electron chi connectivity index (χ1n) is 6.90. The van der Waals surface area contributed by atoms with Gasteiger partial charge >= 0.3 is 0 Å². The zero-order valence-electron chi connectivity index (χ0n) is 11.4. The average Bonchev–Trinajstić information content (AvgIpc) is 2.31. The first-order chi connectivity index (χ1) is 8.13. The first kappa shape index (κ1) is 14.5. The lowest BCUT2D eigenvalue weighted by atomic mass is 9.88. The Kier molecular flexibility index (Phi) is 5.92. The van der Waals surface area contributed by atoms with Gasteiger partial charge in [0.1, 0.15) is 0 Å². The van der Waals surface area contributed by atoms with Crippen LogP contribution in [0, 0.1) is 5.92 Å². The molecule has 3 N–H and O–H groups in total. The predicted molar refractivity (Wildman–Crippen MR) is 70.7 cm³/mol. The first-order valence-corrected chi connectivity index (χ1v) is 6.90. The Morgan fingerprint density at radius 3 is 2.65 bits per heavy atom. The number of amides is 1. The van der Waals surface area contributed by atoms with Crippen molar-refractivity contribution in [3.05, 3.63) is 0 Å². The summed E-state index contributed by atoms with van der Waals surface area (Å²) in [7, 11) is 0. The molecule has 3 atom stereocenters. The number of primary amides is 1. The van der Waals surface area contributed by atoms with Crippen LogP contribution in [0.4, 0.5) is 0 Å². The van der Waals surface area contributed by atoms with E-state index in [0.717, 1.165) is 38.9 Å². The predicted octanol–water partition coefficient (Wildman–Crippen LogP) is 0.960. The molecule has 1 rings (SSSR count). The van der Waals surface area contributed by atoms with Crippen LogP contribution in [0.15, 0.2) is 0 Å². The van der Waals surface area contributed by atoms with Gasteiger partial charge in [0.05, 0.1) is 6.04 Å². The number of piperidine rings is 1. The second kappa shape index (κ2) is 6.97. The molecule has 1 fully saturated rings. The van der Waals surface area contributed by atoms with Gasteiger partial charge in [0.25, 0.3) is 0 Å². The normalized spacial score (nSPS) is 27.9. The fourth-order valence-corrected chi connectivity index (χ4v) is 2.93. The van der Waals surface area contributed by atoms with E-state index < -0.39 is 0 Å². The summed E-state index contributed by atoms with van der Waals surface area (Å²) >= 11 is 0. The lowest BCUT2D eigenvalue weighted by Gasteiger charge is -2.41. The second-order valence-corrected chi connectivity index (χ2v) is 4.94. The molecule has 0 saturated carbocycles. The Bertz CT molecular complexity index is 245. The largest absolute Gasteiger partial charge is 0.368 e. The lowest BCUT2D eigenvalue weighted by molar-refractivity contribution is -0.124. The molecule has 0 radical (unpaired) electrons. The maximum atomic E-state index is 11.4. The molecule has 4 nitrogen and oxygen atoms in total. The van der Waals surface area contributed by atoms with Crippen LogP contribution in [0.3, 0.4) is 0 Å². The highest BCUT2D eigenvalue weighted by Crippen LogP contribution is 2.22.